The monoisotopic (exact) mass is 260 g/mol. The Hall–Kier alpha value is -0.650. The molecule has 0 radical (unpaired) electrons. The van der Waals surface area contributed by atoms with E-state index in [-0.39, 0.29) is 11.9 Å². The van der Waals surface area contributed by atoms with Gasteiger partial charge in [0.2, 0.25) is 5.91 Å². The van der Waals surface area contributed by atoms with Crippen molar-refractivity contribution < 1.29 is 14.3 Å². The van der Waals surface area contributed by atoms with Gasteiger partial charge in [0, 0.05) is 26.4 Å². The molecule has 0 spiro atoms. The van der Waals surface area contributed by atoms with Crippen LogP contribution in [0.15, 0.2) is 0 Å². The lowest BCUT2D eigenvalue weighted by Gasteiger charge is -2.13. The molecule has 0 fully saturated rings. The molecule has 0 aliphatic rings. The third-order valence-corrected chi connectivity index (χ3v) is 2.20. The minimum Gasteiger partial charge on any atom is -0.383 e. The Bertz CT molecular complexity index is 210. The molecule has 0 aromatic carbocycles. The maximum Gasteiger partial charge on any atom is 0.234 e. The average molecular weight is 260 g/mol. The molecule has 2 N–H and O–H groups in total. The fourth-order valence-electron chi connectivity index (χ4n) is 1.44. The van der Waals surface area contributed by atoms with Gasteiger partial charge < -0.3 is 20.1 Å². The van der Waals surface area contributed by atoms with Gasteiger partial charge in [-0.3, -0.25) is 4.79 Å². The molecule has 18 heavy (non-hydrogen) atoms. The number of carbonyl (C=O) groups excluding carboxylic acids is 1. The second-order valence-electron chi connectivity index (χ2n) is 4.92. The number of nitrogens with one attached hydrogen (secondary N) is 2. The highest BCUT2D eigenvalue weighted by molar-refractivity contribution is 5.78. The Kier molecular flexibility index (Phi) is 11.0. The molecule has 0 saturated carbocycles. The van der Waals surface area contributed by atoms with Gasteiger partial charge in [-0.15, -0.1) is 0 Å². The quantitative estimate of drug-likeness (QED) is 0.539. The van der Waals surface area contributed by atoms with E-state index in [2.05, 4.69) is 24.5 Å². The van der Waals surface area contributed by atoms with Gasteiger partial charge in [-0.1, -0.05) is 13.8 Å². The average Bonchev–Trinajstić information content (AvgIpc) is 2.27. The van der Waals surface area contributed by atoms with Gasteiger partial charge >= 0.3 is 0 Å². The summed E-state index contributed by atoms with van der Waals surface area (Å²) in [6.07, 6.45) is 0.924. The van der Waals surface area contributed by atoms with Gasteiger partial charge in [-0.05, 0) is 25.8 Å². The number of methoxy groups -OCH3 is 1. The first-order valence-electron chi connectivity index (χ1n) is 6.63. The first kappa shape index (κ1) is 17.4. The molecule has 1 amide bonds. The summed E-state index contributed by atoms with van der Waals surface area (Å²) >= 11 is 0. The summed E-state index contributed by atoms with van der Waals surface area (Å²) in [4.78, 5) is 11.4. The van der Waals surface area contributed by atoms with Crippen molar-refractivity contribution in [3.63, 3.8) is 0 Å². The number of hydrogen-bond acceptors (Lipinski definition) is 4. The Morgan fingerprint density at radius 1 is 1.22 bits per heavy atom. The van der Waals surface area contributed by atoms with E-state index >= 15 is 0 Å². The lowest BCUT2D eigenvalue weighted by Crippen LogP contribution is -2.41. The van der Waals surface area contributed by atoms with E-state index in [4.69, 9.17) is 9.47 Å². The van der Waals surface area contributed by atoms with Crippen LogP contribution < -0.4 is 10.6 Å². The molecule has 108 valence electrons. The molecule has 0 aliphatic carbocycles. The van der Waals surface area contributed by atoms with E-state index < -0.39 is 0 Å². The fraction of sp³-hybridized carbons (Fsp3) is 0.923. The van der Waals surface area contributed by atoms with E-state index in [1.165, 1.54) is 0 Å². The van der Waals surface area contributed by atoms with E-state index in [0.717, 1.165) is 26.2 Å². The van der Waals surface area contributed by atoms with E-state index in [9.17, 15) is 4.79 Å². The highest BCUT2D eigenvalue weighted by Gasteiger charge is 2.05. The van der Waals surface area contributed by atoms with Crippen molar-refractivity contribution in [1.82, 2.24) is 10.6 Å². The summed E-state index contributed by atoms with van der Waals surface area (Å²) in [6, 6.07) is 0.0543. The van der Waals surface area contributed by atoms with Crippen molar-refractivity contribution in [1.29, 1.82) is 0 Å². The topological polar surface area (TPSA) is 59.6 Å². The van der Waals surface area contributed by atoms with Crippen LogP contribution in [0.4, 0.5) is 0 Å². The van der Waals surface area contributed by atoms with Crippen molar-refractivity contribution in [3.05, 3.63) is 0 Å². The van der Waals surface area contributed by atoms with E-state index in [1.807, 2.05) is 6.92 Å². The summed E-state index contributed by atoms with van der Waals surface area (Å²) in [5.74, 6) is 0.577. The first-order valence-corrected chi connectivity index (χ1v) is 6.63. The Labute approximate surface area is 111 Å². The number of hydrogen-bond donors (Lipinski definition) is 2. The Balaban J connectivity index is 3.30. The van der Waals surface area contributed by atoms with E-state index in [1.54, 1.807) is 7.11 Å². The molecule has 0 aromatic rings. The standard InChI is InChI=1S/C13H28N2O3/c1-11(2)9-18-7-5-6-14-8-13(16)15-12(3)10-17-4/h11-12,14H,5-10H2,1-4H3,(H,15,16). The van der Waals surface area contributed by atoms with Crippen LogP contribution in [0.3, 0.4) is 0 Å². The van der Waals surface area contributed by atoms with Crippen LogP contribution in [0.25, 0.3) is 0 Å². The molecule has 5 nitrogen and oxygen atoms in total. The number of amides is 1. The number of ether oxygens (including phenoxy) is 2. The van der Waals surface area contributed by atoms with Crippen LogP contribution in [0.5, 0.6) is 0 Å². The van der Waals surface area contributed by atoms with Crippen LogP contribution in [-0.2, 0) is 14.3 Å². The third kappa shape index (κ3) is 11.8. The van der Waals surface area contributed by atoms with Crippen LogP contribution >= 0.6 is 0 Å². The van der Waals surface area contributed by atoms with Crippen LogP contribution in [0, 0.1) is 5.92 Å². The van der Waals surface area contributed by atoms with Crippen LogP contribution in [0.2, 0.25) is 0 Å². The molecule has 1 unspecified atom stereocenters. The van der Waals surface area contributed by atoms with Gasteiger partial charge in [0.25, 0.3) is 0 Å². The maximum absolute atomic E-state index is 11.4. The molecular formula is C13H28N2O3. The van der Waals surface area contributed by atoms with Crippen LogP contribution in [0.1, 0.15) is 27.2 Å². The maximum atomic E-state index is 11.4. The summed E-state index contributed by atoms with van der Waals surface area (Å²) in [5, 5.41) is 5.93. The van der Waals surface area contributed by atoms with Crippen molar-refractivity contribution in [3.8, 4) is 0 Å². The second kappa shape index (κ2) is 11.4. The normalized spacial score (nSPS) is 12.7. The highest BCUT2D eigenvalue weighted by Crippen LogP contribution is 1.92. The lowest BCUT2D eigenvalue weighted by molar-refractivity contribution is -0.121. The minimum atomic E-state index is 0.00245. The Morgan fingerprint density at radius 2 is 1.94 bits per heavy atom. The summed E-state index contributed by atoms with van der Waals surface area (Å²) in [6.45, 7) is 9.40. The number of carbonyl (C=O) groups is 1. The van der Waals surface area contributed by atoms with Crippen molar-refractivity contribution in [2.45, 2.75) is 33.2 Å². The summed E-state index contributed by atoms with van der Waals surface area (Å²) in [7, 11) is 1.62. The highest BCUT2D eigenvalue weighted by atomic mass is 16.5. The first-order chi connectivity index (χ1) is 8.56. The van der Waals surface area contributed by atoms with Crippen molar-refractivity contribution in [2.24, 2.45) is 5.92 Å². The molecular weight excluding hydrogens is 232 g/mol. The predicted molar refractivity (Wildman–Crippen MR) is 72.6 cm³/mol. The molecule has 5 heteroatoms. The molecule has 1 atom stereocenters. The van der Waals surface area contributed by atoms with Crippen LogP contribution in [-0.4, -0.2) is 52.0 Å². The van der Waals surface area contributed by atoms with Gasteiger partial charge in [0.1, 0.15) is 0 Å². The van der Waals surface area contributed by atoms with Gasteiger partial charge in [0.05, 0.1) is 13.2 Å². The zero-order chi connectivity index (χ0) is 13.8. The van der Waals surface area contributed by atoms with E-state index in [0.29, 0.717) is 19.1 Å². The lowest BCUT2D eigenvalue weighted by atomic mass is 10.2. The molecule has 0 saturated heterocycles. The SMILES string of the molecule is COCC(C)NC(=O)CNCCCOCC(C)C. The van der Waals surface area contributed by atoms with Crippen molar-refractivity contribution in [2.75, 3.05) is 40.0 Å². The van der Waals surface area contributed by atoms with Gasteiger partial charge in [-0.2, -0.15) is 0 Å². The van der Waals surface area contributed by atoms with Gasteiger partial charge in [-0.25, -0.2) is 0 Å². The smallest absolute Gasteiger partial charge is 0.234 e. The molecule has 0 heterocycles. The summed E-state index contributed by atoms with van der Waals surface area (Å²) < 4.78 is 10.4. The molecule has 0 bridgehead atoms. The largest absolute Gasteiger partial charge is 0.383 e. The third-order valence-electron chi connectivity index (χ3n) is 2.20. The molecule has 0 aliphatic heterocycles. The van der Waals surface area contributed by atoms with Gasteiger partial charge in [0.15, 0.2) is 0 Å². The summed E-state index contributed by atoms with van der Waals surface area (Å²) in [5.41, 5.74) is 0. The zero-order valence-corrected chi connectivity index (χ0v) is 12.1. The Morgan fingerprint density at radius 3 is 2.56 bits per heavy atom. The molecule has 0 rings (SSSR count). The predicted octanol–water partition coefficient (Wildman–Crippen LogP) is 0.790. The number of rotatable bonds is 11. The van der Waals surface area contributed by atoms with Crippen molar-refractivity contribution >= 4 is 5.91 Å². The molecule has 0 aromatic heterocycles. The fourth-order valence-corrected chi connectivity index (χ4v) is 1.44. The second-order valence-corrected chi connectivity index (χ2v) is 4.92. The zero-order valence-electron chi connectivity index (χ0n) is 12.1. The minimum absolute atomic E-state index is 0.00245.